The zero-order valence-corrected chi connectivity index (χ0v) is 11.3. The van der Waals surface area contributed by atoms with E-state index in [1.165, 1.54) is 0 Å². The monoisotopic (exact) mass is 250 g/mol. The van der Waals surface area contributed by atoms with Crippen LogP contribution in [0.5, 0.6) is 0 Å². The van der Waals surface area contributed by atoms with E-state index in [1.807, 2.05) is 19.2 Å². The minimum absolute atomic E-state index is 0.287. The molecule has 100 valence electrons. The average Bonchev–Trinajstić information content (AvgIpc) is 2.27. The summed E-state index contributed by atoms with van der Waals surface area (Å²) in [6.45, 7) is 6.09. The summed E-state index contributed by atoms with van der Waals surface area (Å²) in [5.41, 5.74) is 6.40. The molecule has 0 aliphatic rings. The molecule has 5 nitrogen and oxygen atoms in total. The van der Waals surface area contributed by atoms with Crippen molar-refractivity contribution in [1.82, 2.24) is 9.88 Å². The molecule has 0 bridgehead atoms. The number of anilines is 1. The van der Waals surface area contributed by atoms with Gasteiger partial charge in [0.1, 0.15) is 5.82 Å². The number of hydrogen-bond acceptors (Lipinski definition) is 4. The predicted molar refractivity (Wildman–Crippen MR) is 73.1 cm³/mol. The van der Waals surface area contributed by atoms with Crippen molar-refractivity contribution in [2.24, 2.45) is 11.7 Å². The van der Waals surface area contributed by atoms with Gasteiger partial charge >= 0.3 is 0 Å². The predicted octanol–water partition coefficient (Wildman–Crippen LogP) is 1.07. The molecule has 0 aliphatic heterocycles. The van der Waals surface area contributed by atoms with Crippen LogP contribution in [0.3, 0.4) is 0 Å². The summed E-state index contributed by atoms with van der Waals surface area (Å²) < 4.78 is 0. The molecule has 0 fully saturated rings. The second-order valence-electron chi connectivity index (χ2n) is 4.83. The van der Waals surface area contributed by atoms with Crippen molar-refractivity contribution in [2.45, 2.75) is 20.4 Å². The van der Waals surface area contributed by atoms with E-state index in [-0.39, 0.29) is 12.5 Å². The summed E-state index contributed by atoms with van der Waals surface area (Å²) in [5, 5.41) is 3.00. The average molecular weight is 250 g/mol. The smallest absolute Gasteiger partial charge is 0.231 e. The van der Waals surface area contributed by atoms with E-state index in [0.29, 0.717) is 12.5 Å². The highest BCUT2D eigenvalue weighted by Gasteiger charge is 2.11. The second-order valence-corrected chi connectivity index (χ2v) is 4.83. The standard InChI is InChI=1S/C13H22N4O/c1-10(2)7-17(9-12(14)18)8-11-4-5-16-13(6-11)15-3/h4-6,10H,7-9H2,1-3H3,(H2,14,18)(H,15,16). The van der Waals surface area contributed by atoms with Crippen LogP contribution in [0.15, 0.2) is 18.3 Å². The number of hydrogen-bond donors (Lipinski definition) is 2. The van der Waals surface area contributed by atoms with Crippen LogP contribution < -0.4 is 11.1 Å². The topological polar surface area (TPSA) is 71.2 Å². The Hall–Kier alpha value is -1.62. The Morgan fingerprint density at radius 1 is 1.56 bits per heavy atom. The largest absolute Gasteiger partial charge is 0.373 e. The molecule has 18 heavy (non-hydrogen) atoms. The SMILES string of the molecule is CNc1cc(CN(CC(N)=O)CC(C)C)ccn1. The third kappa shape index (κ3) is 5.14. The zero-order chi connectivity index (χ0) is 13.5. The van der Waals surface area contributed by atoms with Crippen molar-refractivity contribution in [3.8, 4) is 0 Å². The summed E-state index contributed by atoms with van der Waals surface area (Å²) in [6, 6.07) is 3.93. The molecule has 3 N–H and O–H groups in total. The zero-order valence-electron chi connectivity index (χ0n) is 11.3. The fourth-order valence-electron chi connectivity index (χ4n) is 1.89. The Morgan fingerprint density at radius 2 is 2.28 bits per heavy atom. The highest BCUT2D eigenvalue weighted by molar-refractivity contribution is 5.75. The van der Waals surface area contributed by atoms with Crippen LogP contribution in [0, 0.1) is 5.92 Å². The molecule has 0 aromatic carbocycles. The summed E-state index contributed by atoms with van der Waals surface area (Å²) in [6.07, 6.45) is 1.76. The van der Waals surface area contributed by atoms with Gasteiger partial charge in [0, 0.05) is 26.3 Å². The molecule has 0 spiro atoms. The van der Waals surface area contributed by atoms with Crippen LogP contribution in [-0.2, 0) is 11.3 Å². The molecule has 1 heterocycles. The summed E-state index contributed by atoms with van der Waals surface area (Å²) in [7, 11) is 1.83. The fraction of sp³-hybridized carbons (Fsp3) is 0.538. The molecule has 5 heteroatoms. The van der Waals surface area contributed by atoms with E-state index in [1.54, 1.807) is 6.20 Å². The number of nitrogens with two attached hydrogens (primary N) is 1. The van der Waals surface area contributed by atoms with Gasteiger partial charge in [-0.15, -0.1) is 0 Å². The minimum atomic E-state index is -0.293. The molecule has 1 amide bonds. The van der Waals surface area contributed by atoms with Crippen molar-refractivity contribution in [2.75, 3.05) is 25.5 Å². The van der Waals surface area contributed by atoms with Gasteiger partial charge in [0.25, 0.3) is 0 Å². The third-order valence-electron chi connectivity index (χ3n) is 2.49. The Morgan fingerprint density at radius 3 is 2.83 bits per heavy atom. The van der Waals surface area contributed by atoms with Crippen molar-refractivity contribution in [3.63, 3.8) is 0 Å². The van der Waals surface area contributed by atoms with E-state index in [9.17, 15) is 4.79 Å². The number of carbonyl (C=O) groups is 1. The molecule has 1 aromatic rings. The lowest BCUT2D eigenvalue weighted by Gasteiger charge is -2.22. The van der Waals surface area contributed by atoms with Crippen LogP contribution in [0.2, 0.25) is 0 Å². The Kier molecular flexibility index (Phi) is 5.58. The number of rotatable bonds is 7. The Labute approximate surface area is 108 Å². The Bertz CT molecular complexity index is 392. The van der Waals surface area contributed by atoms with Crippen LogP contribution in [-0.4, -0.2) is 35.9 Å². The van der Waals surface area contributed by atoms with Crippen molar-refractivity contribution in [1.29, 1.82) is 0 Å². The van der Waals surface area contributed by atoms with Gasteiger partial charge in [-0.2, -0.15) is 0 Å². The lowest BCUT2D eigenvalue weighted by molar-refractivity contribution is -0.119. The van der Waals surface area contributed by atoms with E-state index in [2.05, 4.69) is 29.0 Å². The lowest BCUT2D eigenvalue weighted by atomic mass is 10.1. The number of amides is 1. The van der Waals surface area contributed by atoms with Crippen LogP contribution >= 0.6 is 0 Å². The molecule has 1 rings (SSSR count). The quantitative estimate of drug-likeness (QED) is 0.759. The fourth-order valence-corrected chi connectivity index (χ4v) is 1.89. The number of nitrogens with zero attached hydrogens (tertiary/aromatic N) is 2. The van der Waals surface area contributed by atoms with E-state index >= 15 is 0 Å². The normalized spacial score (nSPS) is 10.9. The summed E-state index contributed by atoms with van der Waals surface area (Å²) in [4.78, 5) is 17.3. The van der Waals surface area contributed by atoms with E-state index in [4.69, 9.17) is 5.73 Å². The van der Waals surface area contributed by atoms with Crippen molar-refractivity contribution < 1.29 is 4.79 Å². The highest BCUT2D eigenvalue weighted by atomic mass is 16.1. The van der Waals surface area contributed by atoms with Crippen LogP contribution in [0.1, 0.15) is 19.4 Å². The molecule has 0 unspecified atom stereocenters. The molecule has 0 saturated carbocycles. The number of aromatic nitrogens is 1. The summed E-state index contributed by atoms with van der Waals surface area (Å²) in [5.74, 6) is 1.03. The maximum absolute atomic E-state index is 11.1. The first-order valence-electron chi connectivity index (χ1n) is 6.14. The van der Waals surface area contributed by atoms with E-state index < -0.39 is 0 Å². The van der Waals surface area contributed by atoms with Crippen LogP contribution in [0.4, 0.5) is 5.82 Å². The van der Waals surface area contributed by atoms with Gasteiger partial charge in [0.15, 0.2) is 0 Å². The number of pyridine rings is 1. The van der Waals surface area contributed by atoms with Crippen molar-refractivity contribution in [3.05, 3.63) is 23.9 Å². The molecular weight excluding hydrogens is 228 g/mol. The highest BCUT2D eigenvalue weighted by Crippen LogP contribution is 2.10. The molecule has 0 saturated heterocycles. The van der Waals surface area contributed by atoms with Gasteiger partial charge < -0.3 is 11.1 Å². The number of primary amides is 1. The number of carbonyl (C=O) groups excluding carboxylic acids is 1. The maximum Gasteiger partial charge on any atom is 0.231 e. The van der Waals surface area contributed by atoms with E-state index in [0.717, 1.165) is 17.9 Å². The van der Waals surface area contributed by atoms with Crippen LogP contribution in [0.25, 0.3) is 0 Å². The van der Waals surface area contributed by atoms with Gasteiger partial charge in [0.2, 0.25) is 5.91 Å². The molecule has 0 radical (unpaired) electrons. The Balaban J connectivity index is 2.71. The first-order chi connectivity index (χ1) is 8.51. The first-order valence-corrected chi connectivity index (χ1v) is 6.14. The third-order valence-corrected chi connectivity index (χ3v) is 2.49. The first kappa shape index (κ1) is 14.4. The number of nitrogens with one attached hydrogen (secondary N) is 1. The molecular formula is C13H22N4O. The van der Waals surface area contributed by atoms with Gasteiger partial charge in [-0.3, -0.25) is 9.69 Å². The lowest BCUT2D eigenvalue weighted by Crippen LogP contribution is -2.35. The maximum atomic E-state index is 11.1. The molecule has 0 aliphatic carbocycles. The summed E-state index contributed by atoms with van der Waals surface area (Å²) >= 11 is 0. The molecule has 0 atom stereocenters. The molecule has 1 aromatic heterocycles. The van der Waals surface area contributed by atoms with Gasteiger partial charge in [-0.05, 0) is 23.6 Å². The van der Waals surface area contributed by atoms with Gasteiger partial charge in [0.05, 0.1) is 6.54 Å². The van der Waals surface area contributed by atoms with Gasteiger partial charge in [-0.25, -0.2) is 4.98 Å². The second kappa shape index (κ2) is 6.96. The van der Waals surface area contributed by atoms with Crippen molar-refractivity contribution >= 4 is 11.7 Å². The van der Waals surface area contributed by atoms with Gasteiger partial charge in [-0.1, -0.05) is 13.8 Å². The minimum Gasteiger partial charge on any atom is -0.373 e.